The molecule has 238 valence electrons. The molecule has 0 aliphatic heterocycles. The van der Waals surface area contributed by atoms with Gasteiger partial charge in [-0.3, -0.25) is 14.4 Å². The number of halogens is 1. The molecule has 0 spiro atoms. The Hall–Kier alpha value is -1.11. The molecule has 0 atom stereocenters. The second-order valence-corrected chi connectivity index (χ2v) is 13.5. The fourth-order valence-electron chi connectivity index (χ4n) is 6.34. The van der Waals surface area contributed by atoms with Crippen LogP contribution in [0.15, 0.2) is 0 Å². The SMILES string of the molecule is CCCCCC1CCC(C(=O)OCC(COC(=O)CCCCCBr)COC(=O)C2CCC(CCCCC)CC2)CC1. The zero-order valence-electron chi connectivity index (χ0n) is 26.2. The van der Waals surface area contributed by atoms with Crippen molar-refractivity contribution in [2.24, 2.45) is 29.6 Å². The minimum atomic E-state index is -0.342. The Kier molecular flexibility index (Phi) is 19.7. The van der Waals surface area contributed by atoms with Gasteiger partial charge in [0.1, 0.15) is 19.8 Å². The average molecular weight is 644 g/mol. The number of unbranched alkanes of at least 4 members (excludes halogenated alkanes) is 6. The number of hydrogen-bond donors (Lipinski definition) is 0. The molecule has 0 heterocycles. The monoisotopic (exact) mass is 642 g/mol. The van der Waals surface area contributed by atoms with Crippen LogP contribution in [-0.4, -0.2) is 43.1 Å². The lowest BCUT2D eigenvalue weighted by Gasteiger charge is -2.28. The Morgan fingerprint density at radius 1 is 0.610 bits per heavy atom. The molecule has 41 heavy (non-hydrogen) atoms. The molecule has 0 amide bonds. The first-order valence-electron chi connectivity index (χ1n) is 17.0. The summed E-state index contributed by atoms with van der Waals surface area (Å²) in [5, 5.41) is 0.932. The Bertz CT molecular complexity index is 666. The quantitative estimate of drug-likeness (QED) is 0.0538. The Balaban J connectivity index is 1.78. The summed E-state index contributed by atoms with van der Waals surface area (Å²) in [6, 6.07) is 0. The van der Waals surface area contributed by atoms with Crippen LogP contribution in [-0.2, 0) is 28.6 Å². The minimum absolute atomic E-state index is 0.0508. The van der Waals surface area contributed by atoms with Gasteiger partial charge in [-0.1, -0.05) is 87.6 Å². The van der Waals surface area contributed by atoms with E-state index in [0.29, 0.717) is 6.42 Å². The lowest BCUT2D eigenvalue weighted by Crippen LogP contribution is -2.31. The van der Waals surface area contributed by atoms with Crippen molar-refractivity contribution >= 4 is 33.8 Å². The Morgan fingerprint density at radius 3 is 1.51 bits per heavy atom. The van der Waals surface area contributed by atoms with Gasteiger partial charge < -0.3 is 14.2 Å². The number of esters is 3. The lowest BCUT2D eigenvalue weighted by atomic mass is 9.80. The molecule has 0 N–H and O–H groups in total. The van der Waals surface area contributed by atoms with Crippen molar-refractivity contribution in [3.8, 4) is 0 Å². The molecule has 0 aromatic carbocycles. The molecular formula is C34H59BrO6. The van der Waals surface area contributed by atoms with Crippen LogP contribution in [0.2, 0.25) is 0 Å². The predicted octanol–water partition coefficient (Wildman–Crippen LogP) is 8.96. The number of rotatable bonds is 21. The molecule has 6 nitrogen and oxygen atoms in total. The molecule has 2 aliphatic rings. The summed E-state index contributed by atoms with van der Waals surface area (Å²) < 4.78 is 17.0. The molecule has 2 fully saturated rings. The van der Waals surface area contributed by atoms with E-state index in [0.717, 1.165) is 87.8 Å². The number of hydrogen-bond acceptors (Lipinski definition) is 6. The summed E-state index contributed by atoms with van der Waals surface area (Å²) in [7, 11) is 0. The van der Waals surface area contributed by atoms with Crippen molar-refractivity contribution < 1.29 is 28.6 Å². The maximum absolute atomic E-state index is 12.9. The third-order valence-corrected chi connectivity index (χ3v) is 9.77. The molecule has 0 saturated heterocycles. The molecule has 0 unspecified atom stereocenters. The molecular weight excluding hydrogens is 584 g/mol. The summed E-state index contributed by atoms with van der Waals surface area (Å²) in [4.78, 5) is 38.0. The topological polar surface area (TPSA) is 78.9 Å². The summed E-state index contributed by atoms with van der Waals surface area (Å²) >= 11 is 3.41. The summed E-state index contributed by atoms with van der Waals surface area (Å²) in [6.45, 7) is 4.79. The van der Waals surface area contributed by atoms with Crippen LogP contribution < -0.4 is 0 Å². The molecule has 2 rings (SSSR count). The van der Waals surface area contributed by atoms with Gasteiger partial charge in [0.05, 0.1) is 17.8 Å². The highest BCUT2D eigenvalue weighted by molar-refractivity contribution is 9.09. The van der Waals surface area contributed by atoms with Gasteiger partial charge in [0, 0.05) is 11.8 Å². The standard InChI is InChI=1S/C34H59BrO6/c1-3-5-8-12-27-15-19-30(20-16-27)33(37)40-25-29(24-39-32(36)14-10-7-11-23-35)26-41-34(38)31-21-17-28(18-22-31)13-9-6-4-2/h27-31H,3-26H2,1-2H3. The van der Waals surface area contributed by atoms with Crippen LogP contribution in [0.25, 0.3) is 0 Å². The molecule has 2 saturated carbocycles. The van der Waals surface area contributed by atoms with Crippen LogP contribution >= 0.6 is 15.9 Å². The van der Waals surface area contributed by atoms with E-state index in [9.17, 15) is 14.4 Å². The van der Waals surface area contributed by atoms with Crippen LogP contribution in [0.3, 0.4) is 0 Å². The number of carbonyl (C=O) groups is 3. The largest absolute Gasteiger partial charge is 0.465 e. The predicted molar refractivity (Wildman–Crippen MR) is 168 cm³/mol. The second-order valence-electron chi connectivity index (χ2n) is 12.7. The number of carbonyl (C=O) groups excluding carboxylic acids is 3. The number of alkyl halides is 1. The molecule has 0 aromatic heterocycles. The van der Waals surface area contributed by atoms with Gasteiger partial charge >= 0.3 is 17.9 Å². The van der Waals surface area contributed by atoms with Crippen LogP contribution in [0.5, 0.6) is 0 Å². The highest BCUT2D eigenvalue weighted by atomic mass is 79.9. The van der Waals surface area contributed by atoms with E-state index >= 15 is 0 Å². The van der Waals surface area contributed by atoms with E-state index < -0.39 is 0 Å². The fraction of sp³-hybridized carbons (Fsp3) is 0.912. The zero-order chi connectivity index (χ0) is 29.7. The first kappa shape index (κ1) is 36.1. The Labute approximate surface area is 258 Å². The molecule has 0 radical (unpaired) electrons. The fourth-order valence-corrected chi connectivity index (χ4v) is 6.74. The highest BCUT2D eigenvalue weighted by Gasteiger charge is 2.30. The van der Waals surface area contributed by atoms with E-state index in [1.165, 1.54) is 51.4 Å². The third-order valence-electron chi connectivity index (χ3n) is 9.21. The van der Waals surface area contributed by atoms with Gasteiger partial charge in [-0.25, -0.2) is 0 Å². The van der Waals surface area contributed by atoms with Crippen LogP contribution in [0, 0.1) is 29.6 Å². The molecule has 0 aromatic rings. The average Bonchev–Trinajstić information content (AvgIpc) is 2.99. The van der Waals surface area contributed by atoms with E-state index in [1.807, 2.05) is 0 Å². The maximum Gasteiger partial charge on any atom is 0.308 e. The van der Waals surface area contributed by atoms with Crippen molar-refractivity contribution in [1.82, 2.24) is 0 Å². The van der Waals surface area contributed by atoms with E-state index in [-0.39, 0.29) is 55.5 Å². The van der Waals surface area contributed by atoms with Crippen molar-refractivity contribution in [3.05, 3.63) is 0 Å². The van der Waals surface area contributed by atoms with Crippen molar-refractivity contribution in [3.63, 3.8) is 0 Å². The van der Waals surface area contributed by atoms with Crippen LogP contribution in [0.4, 0.5) is 0 Å². The number of ether oxygens (including phenoxy) is 3. The van der Waals surface area contributed by atoms with E-state index in [2.05, 4.69) is 29.8 Å². The first-order chi connectivity index (χ1) is 20.0. The van der Waals surface area contributed by atoms with E-state index in [1.54, 1.807) is 0 Å². The minimum Gasteiger partial charge on any atom is -0.465 e. The van der Waals surface area contributed by atoms with Gasteiger partial charge in [0.15, 0.2) is 0 Å². The maximum atomic E-state index is 12.9. The van der Waals surface area contributed by atoms with Gasteiger partial charge in [0.2, 0.25) is 0 Å². The van der Waals surface area contributed by atoms with Crippen molar-refractivity contribution in [2.75, 3.05) is 25.2 Å². The summed E-state index contributed by atoms with van der Waals surface area (Å²) in [6.07, 6.45) is 21.3. The van der Waals surface area contributed by atoms with Gasteiger partial charge in [-0.2, -0.15) is 0 Å². The zero-order valence-corrected chi connectivity index (χ0v) is 27.8. The highest BCUT2D eigenvalue weighted by Crippen LogP contribution is 2.34. The van der Waals surface area contributed by atoms with E-state index in [4.69, 9.17) is 14.2 Å². The molecule has 0 bridgehead atoms. The van der Waals surface area contributed by atoms with Gasteiger partial charge in [-0.05, 0) is 76.0 Å². The third kappa shape index (κ3) is 15.8. The lowest BCUT2D eigenvalue weighted by molar-refractivity contribution is -0.158. The van der Waals surface area contributed by atoms with Crippen LogP contribution in [0.1, 0.15) is 142 Å². The van der Waals surface area contributed by atoms with Crippen molar-refractivity contribution in [1.29, 1.82) is 0 Å². The normalized spacial score (nSPS) is 23.5. The van der Waals surface area contributed by atoms with Crippen molar-refractivity contribution in [2.45, 2.75) is 142 Å². The smallest absolute Gasteiger partial charge is 0.308 e. The first-order valence-corrected chi connectivity index (χ1v) is 18.1. The van der Waals surface area contributed by atoms with Gasteiger partial charge in [0.25, 0.3) is 0 Å². The van der Waals surface area contributed by atoms with Gasteiger partial charge in [-0.15, -0.1) is 0 Å². The summed E-state index contributed by atoms with van der Waals surface area (Å²) in [5.41, 5.74) is 0. The molecule has 2 aliphatic carbocycles. The molecule has 7 heteroatoms. The Morgan fingerprint density at radius 2 is 1.07 bits per heavy atom. The second kappa shape index (κ2) is 22.4. The summed E-state index contributed by atoms with van der Waals surface area (Å²) in [5.74, 6) is 0.466.